The second-order valence-corrected chi connectivity index (χ2v) is 9.30. The van der Waals surface area contributed by atoms with E-state index in [1.165, 1.54) is 28.7 Å². The maximum Gasteiger partial charge on any atom is 0.264 e. The number of carbonyl (C=O) groups is 1. The van der Waals surface area contributed by atoms with E-state index in [2.05, 4.69) is 58.8 Å². The van der Waals surface area contributed by atoms with Crippen molar-refractivity contribution in [2.24, 2.45) is 0 Å². The molecule has 2 rings (SSSR count). The first kappa shape index (κ1) is 19.9. The summed E-state index contributed by atoms with van der Waals surface area (Å²) in [6.07, 6.45) is 1.79. The number of nitrogens with zero attached hydrogens (tertiary/aromatic N) is 2. The van der Waals surface area contributed by atoms with Gasteiger partial charge in [0.25, 0.3) is 5.91 Å². The lowest BCUT2D eigenvalue weighted by Crippen LogP contribution is -2.20. The van der Waals surface area contributed by atoms with Gasteiger partial charge in [-0.15, -0.1) is 16.8 Å². The predicted molar refractivity (Wildman–Crippen MR) is 108 cm³/mol. The van der Waals surface area contributed by atoms with Gasteiger partial charge in [-0.1, -0.05) is 56.0 Å². The summed E-state index contributed by atoms with van der Waals surface area (Å²) in [4.78, 5) is 12.0. The van der Waals surface area contributed by atoms with E-state index >= 15 is 0 Å². The monoisotopic (exact) mass is 441 g/mol. The number of thioether (sulfide) groups is 1. The van der Waals surface area contributed by atoms with Crippen LogP contribution in [0.2, 0.25) is 0 Å². The molecule has 8 heteroatoms. The van der Waals surface area contributed by atoms with E-state index in [4.69, 9.17) is 4.74 Å². The van der Waals surface area contributed by atoms with Gasteiger partial charge in [0.05, 0.1) is 4.47 Å². The van der Waals surface area contributed by atoms with Crippen LogP contribution in [0.15, 0.2) is 39.7 Å². The van der Waals surface area contributed by atoms with Gasteiger partial charge in [-0.05, 0) is 39.0 Å². The average Bonchev–Trinajstić information content (AvgIpc) is 2.98. The summed E-state index contributed by atoms with van der Waals surface area (Å²) in [7, 11) is 0. The molecule has 0 unspecified atom stereocenters. The van der Waals surface area contributed by atoms with Crippen LogP contribution in [-0.2, 0) is 10.2 Å². The Morgan fingerprint density at radius 1 is 1.44 bits per heavy atom. The fourth-order valence-electron chi connectivity index (χ4n) is 1.83. The molecule has 0 bridgehead atoms. The molecular weight excluding hydrogens is 422 g/mol. The van der Waals surface area contributed by atoms with Crippen molar-refractivity contribution in [1.29, 1.82) is 0 Å². The molecule has 1 amide bonds. The van der Waals surface area contributed by atoms with Crippen LogP contribution >= 0.6 is 39.0 Å². The summed E-state index contributed by atoms with van der Waals surface area (Å²) in [5, 5.41) is 11.1. The number of hydrogen-bond acceptors (Lipinski definition) is 6. The number of amides is 1. The van der Waals surface area contributed by atoms with E-state index in [0.29, 0.717) is 10.9 Å². The van der Waals surface area contributed by atoms with Crippen molar-refractivity contribution in [3.8, 4) is 5.75 Å². The molecule has 2 aromatic rings. The van der Waals surface area contributed by atoms with Gasteiger partial charge in [0.1, 0.15) is 5.75 Å². The third-order valence-electron chi connectivity index (χ3n) is 3.13. The number of halogens is 1. The van der Waals surface area contributed by atoms with Gasteiger partial charge in [0.2, 0.25) is 5.13 Å². The van der Waals surface area contributed by atoms with Crippen LogP contribution in [0.25, 0.3) is 0 Å². The molecule has 0 radical (unpaired) electrons. The third-order valence-corrected chi connectivity index (χ3v) is 5.72. The quantitative estimate of drug-likeness (QED) is 0.376. The number of ether oxygens (including phenoxy) is 1. The summed E-state index contributed by atoms with van der Waals surface area (Å²) in [6, 6.07) is 5.89. The summed E-state index contributed by atoms with van der Waals surface area (Å²) in [5.74, 6) is 1.11. The lowest BCUT2D eigenvalue weighted by molar-refractivity contribution is -0.118. The number of nitrogens with one attached hydrogen (secondary N) is 1. The minimum Gasteiger partial charge on any atom is -0.483 e. The van der Waals surface area contributed by atoms with Crippen LogP contribution in [0.3, 0.4) is 0 Å². The number of rotatable bonds is 7. The number of carbonyl (C=O) groups excluding carboxylic acids is 1. The molecule has 0 aliphatic heterocycles. The SMILES string of the molecule is C=CCSc1nnc(NC(=O)COc2ccc(C(C)(C)C)cc2Br)s1. The average molecular weight is 442 g/mol. The first-order chi connectivity index (χ1) is 11.8. The summed E-state index contributed by atoms with van der Waals surface area (Å²) >= 11 is 6.34. The van der Waals surface area contributed by atoms with Crippen LogP contribution in [0.4, 0.5) is 5.13 Å². The van der Waals surface area contributed by atoms with Crippen molar-refractivity contribution >= 4 is 50.1 Å². The molecule has 0 spiro atoms. The Hall–Kier alpha value is -1.38. The van der Waals surface area contributed by atoms with E-state index in [0.717, 1.165) is 14.6 Å². The summed E-state index contributed by atoms with van der Waals surface area (Å²) < 4.78 is 7.20. The van der Waals surface area contributed by atoms with Crippen LogP contribution in [-0.4, -0.2) is 28.5 Å². The van der Waals surface area contributed by atoms with Crippen LogP contribution < -0.4 is 10.1 Å². The topological polar surface area (TPSA) is 64.1 Å². The predicted octanol–water partition coefficient (Wildman–Crippen LogP) is 4.89. The van der Waals surface area contributed by atoms with Gasteiger partial charge < -0.3 is 4.74 Å². The Balaban J connectivity index is 1.89. The van der Waals surface area contributed by atoms with E-state index < -0.39 is 0 Å². The molecule has 0 aliphatic rings. The van der Waals surface area contributed by atoms with E-state index in [1.807, 2.05) is 18.2 Å². The maximum atomic E-state index is 12.0. The number of anilines is 1. The highest BCUT2D eigenvalue weighted by Gasteiger charge is 2.16. The molecular formula is C17H20BrN3O2S2. The molecule has 0 fully saturated rings. The molecule has 0 saturated carbocycles. The van der Waals surface area contributed by atoms with Gasteiger partial charge in [-0.25, -0.2) is 0 Å². The molecule has 1 heterocycles. The Labute approximate surface area is 164 Å². The highest BCUT2D eigenvalue weighted by Crippen LogP contribution is 2.31. The Morgan fingerprint density at radius 2 is 2.20 bits per heavy atom. The smallest absolute Gasteiger partial charge is 0.264 e. The number of aromatic nitrogens is 2. The first-order valence-electron chi connectivity index (χ1n) is 7.59. The lowest BCUT2D eigenvalue weighted by Gasteiger charge is -2.20. The molecule has 1 N–H and O–H groups in total. The van der Waals surface area contributed by atoms with Crippen molar-refractivity contribution in [3.63, 3.8) is 0 Å². The van der Waals surface area contributed by atoms with Gasteiger partial charge in [0, 0.05) is 5.75 Å². The Bertz CT molecular complexity index is 757. The number of benzene rings is 1. The van der Waals surface area contributed by atoms with Crippen molar-refractivity contribution in [2.45, 2.75) is 30.5 Å². The molecule has 5 nitrogen and oxygen atoms in total. The zero-order valence-corrected chi connectivity index (χ0v) is 17.6. The lowest BCUT2D eigenvalue weighted by atomic mass is 9.87. The van der Waals surface area contributed by atoms with Crippen molar-refractivity contribution < 1.29 is 9.53 Å². The molecule has 1 aromatic carbocycles. The Kier molecular flexibility index (Phi) is 7.04. The third kappa shape index (κ3) is 6.13. The summed E-state index contributed by atoms with van der Waals surface area (Å²) in [6.45, 7) is 10.00. The zero-order valence-electron chi connectivity index (χ0n) is 14.3. The second kappa shape index (κ2) is 8.82. The van der Waals surface area contributed by atoms with Gasteiger partial charge in [-0.3, -0.25) is 10.1 Å². The van der Waals surface area contributed by atoms with Crippen molar-refractivity contribution in [2.75, 3.05) is 17.7 Å². The highest BCUT2D eigenvalue weighted by atomic mass is 79.9. The van der Waals surface area contributed by atoms with Crippen LogP contribution in [0, 0.1) is 0 Å². The van der Waals surface area contributed by atoms with E-state index in [1.54, 1.807) is 6.08 Å². The largest absolute Gasteiger partial charge is 0.483 e. The van der Waals surface area contributed by atoms with Gasteiger partial charge in [-0.2, -0.15) is 0 Å². The number of hydrogen-bond donors (Lipinski definition) is 1. The van der Waals surface area contributed by atoms with Crippen LogP contribution in [0.1, 0.15) is 26.3 Å². The zero-order chi connectivity index (χ0) is 18.4. The van der Waals surface area contributed by atoms with E-state index in [-0.39, 0.29) is 17.9 Å². The van der Waals surface area contributed by atoms with Crippen molar-refractivity contribution in [1.82, 2.24) is 10.2 Å². The molecule has 0 aliphatic carbocycles. The second-order valence-electron chi connectivity index (χ2n) is 6.20. The minimum absolute atomic E-state index is 0.0532. The standard InChI is InChI=1S/C17H20BrN3O2S2/c1-5-8-24-16-21-20-15(25-16)19-14(22)10-23-13-7-6-11(9-12(13)18)17(2,3)4/h5-7,9H,1,8,10H2,2-4H3,(H,19,20,22). The highest BCUT2D eigenvalue weighted by molar-refractivity contribution is 9.10. The molecule has 134 valence electrons. The van der Waals surface area contributed by atoms with E-state index in [9.17, 15) is 4.79 Å². The Morgan fingerprint density at radius 3 is 2.84 bits per heavy atom. The first-order valence-corrected chi connectivity index (χ1v) is 10.2. The molecule has 0 atom stereocenters. The van der Waals surface area contributed by atoms with Crippen molar-refractivity contribution in [3.05, 3.63) is 40.9 Å². The molecule has 25 heavy (non-hydrogen) atoms. The molecule has 1 aromatic heterocycles. The van der Waals surface area contributed by atoms with Gasteiger partial charge in [0.15, 0.2) is 10.9 Å². The fraction of sp³-hybridized carbons (Fsp3) is 0.353. The van der Waals surface area contributed by atoms with Gasteiger partial charge >= 0.3 is 0 Å². The minimum atomic E-state index is -0.275. The molecule has 0 saturated heterocycles. The fourth-order valence-corrected chi connectivity index (χ4v) is 3.85. The normalized spacial score (nSPS) is 11.2. The maximum absolute atomic E-state index is 12.0. The summed E-state index contributed by atoms with van der Waals surface area (Å²) in [5.41, 5.74) is 1.24. The van der Waals surface area contributed by atoms with Crippen LogP contribution in [0.5, 0.6) is 5.75 Å².